The molecule has 6 rings (SSSR count). The maximum atomic E-state index is 13.0. The van der Waals surface area contributed by atoms with Crippen LogP contribution in [0.4, 0.5) is 11.5 Å². The molecule has 58 heavy (non-hydrogen) atoms. The van der Waals surface area contributed by atoms with Crippen LogP contribution in [0.3, 0.4) is 0 Å². The Kier molecular flexibility index (Phi) is 13.6. The second-order valence-electron chi connectivity index (χ2n) is 13.9. The van der Waals surface area contributed by atoms with Gasteiger partial charge < -0.3 is 21.3 Å². The van der Waals surface area contributed by atoms with Crippen molar-refractivity contribution in [1.82, 2.24) is 30.2 Å². The zero-order chi connectivity index (χ0) is 41.1. The molecule has 15 nitrogen and oxygen atoms in total. The van der Waals surface area contributed by atoms with Gasteiger partial charge in [0, 0.05) is 61.3 Å². The van der Waals surface area contributed by atoms with Crippen molar-refractivity contribution in [3.63, 3.8) is 0 Å². The number of benzene rings is 3. The molecule has 0 aliphatic carbocycles. The number of sulfonamides is 1. The van der Waals surface area contributed by atoms with Gasteiger partial charge in [0.05, 0.1) is 16.8 Å². The monoisotopic (exact) mass is 804 g/mol. The van der Waals surface area contributed by atoms with Crippen molar-refractivity contribution in [1.29, 1.82) is 0 Å². The van der Waals surface area contributed by atoms with Crippen molar-refractivity contribution in [2.75, 3.05) is 24.1 Å². The molecule has 0 bridgehead atoms. The van der Waals surface area contributed by atoms with E-state index in [4.69, 9.17) is 5.73 Å². The molecule has 16 heteroatoms. The van der Waals surface area contributed by atoms with E-state index < -0.39 is 27.9 Å². The van der Waals surface area contributed by atoms with Crippen LogP contribution in [-0.4, -0.2) is 72.0 Å². The summed E-state index contributed by atoms with van der Waals surface area (Å²) >= 11 is 0. The number of anilines is 2. The zero-order valence-corrected chi connectivity index (χ0v) is 32.6. The predicted octanol–water partition coefficient (Wildman–Crippen LogP) is 3.92. The van der Waals surface area contributed by atoms with Gasteiger partial charge in [0.2, 0.25) is 27.7 Å². The topological polar surface area (TPSA) is 223 Å². The van der Waals surface area contributed by atoms with Crippen LogP contribution in [0.2, 0.25) is 0 Å². The van der Waals surface area contributed by atoms with Gasteiger partial charge in [-0.3, -0.25) is 29.3 Å². The van der Waals surface area contributed by atoms with Crippen LogP contribution >= 0.6 is 0 Å². The van der Waals surface area contributed by atoms with Gasteiger partial charge in [-0.15, -0.1) is 0 Å². The molecule has 1 unspecified atom stereocenters. The standard InChI is InChI=1S/C42H44N8O7S/c43-39-38(41(54)47-30-14-6-3-7-15-30)48-34(26-45-39)29-18-20-31(21-19-29)58(56,57)46-25-10-2-1-8-17-36(51)44-24-9-4-5-12-28-13-11-16-32-33(28)27-50(42(32)55)35-22-23-37(52)49-40(35)53/h3,6-7,11,13-16,18-21,26,35,46H,1-2,4,8-10,17,22-25,27H2,(H2,43,45)(H,44,51)(H,47,54)(H,49,52,53). The van der Waals surface area contributed by atoms with Crippen LogP contribution in [0, 0.1) is 11.8 Å². The number of fused-ring (bicyclic) bond motifs is 1. The lowest BCUT2D eigenvalue weighted by Crippen LogP contribution is -2.52. The van der Waals surface area contributed by atoms with Gasteiger partial charge in [-0.1, -0.05) is 61.1 Å². The quantitative estimate of drug-likeness (QED) is 0.0624. The minimum Gasteiger partial charge on any atom is -0.382 e. The number of amides is 5. The molecule has 3 heterocycles. The lowest BCUT2D eigenvalue weighted by molar-refractivity contribution is -0.137. The van der Waals surface area contributed by atoms with Crippen LogP contribution in [0.15, 0.2) is 83.9 Å². The highest BCUT2D eigenvalue weighted by molar-refractivity contribution is 7.89. The summed E-state index contributed by atoms with van der Waals surface area (Å²) in [7, 11) is -3.76. The van der Waals surface area contributed by atoms with Gasteiger partial charge in [-0.25, -0.2) is 23.1 Å². The second kappa shape index (κ2) is 19.1. The van der Waals surface area contributed by atoms with Gasteiger partial charge in [-0.05, 0) is 67.6 Å². The number of hydrogen-bond acceptors (Lipinski definition) is 10. The summed E-state index contributed by atoms with van der Waals surface area (Å²) in [4.78, 5) is 72.1. The first-order valence-corrected chi connectivity index (χ1v) is 20.6. The minimum atomic E-state index is -3.76. The first-order chi connectivity index (χ1) is 28.0. The van der Waals surface area contributed by atoms with E-state index in [1.54, 1.807) is 48.5 Å². The Balaban J connectivity index is 0.850. The van der Waals surface area contributed by atoms with E-state index in [1.807, 2.05) is 12.1 Å². The number of piperidine rings is 1. The molecule has 300 valence electrons. The van der Waals surface area contributed by atoms with E-state index in [9.17, 15) is 32.4 Å². The van der Waals surface area contributed by atoms with E-state index in [2.05, 4.69) is 42.5 Å². The number of carbonyl (C=O) groups excluding carboxylic acids is 5. The highest BCUT2D eigenvalue weighted by Gasteiger charge is 2.39. The predicted molar refractivity (Wildman–Crippen MR) is 216 cm³/mol. The number of hydrogen-bond donors (Lipinski definition) is 5. The van der Waals surface area contributed by atoms with Gasteiger partial charge in [0.25, 0.3) is 11.8 Å². The fraction of sp³-hybridized carbons (Fsp3) is 0.310. The van der Waals surface area contributed by atoms with Crippen molar-refractivity contribution < 1.29 is 32.4 Å². The van der Waals surface area contributed by atoms with Crippen molar-refractivity contribution in [2.45, 2.75) is 75.3 Å². The van der Waals surface area contributed by atoms with E-state index in [0.29, 0.717) is 67.6 Å². The molecular formula is C42H44N8O7S. The number of aromatic nitrogens is 2. The third-order valence-corrected chi connectivity index (χ3v) is 11.2. The number of carbonyl (C=O) groups is 5. The first-order valence-electron chi connectivity index (χ1n) is 19.1. The summed E-state index contributed by atoms with van der Waals surface area (Å²) in [5.74, 6) is 4.63. The molecule has 1 atom stereocenters. The van der Waals surface area contributed by atoms with E-state index in [1.165, 1.54) is 23.2 Å². The Morgan fingerprint density at radius 1 is 0.914 bits per heavy atom. The van der Waals surface area contributed by atoms with E-state index >= 15 is 0 Å². The van der Waals surface area contributed by atoms with Crippen LogP contribution < -0.4 is 26.4 Å². The number of rotatable bonds is 16. The molecule has 4 aromatic rings. The smallest absolute Gasteiger partial charge is 0.278 e. The normalized spacial score (nSPS) is 14.9. The average molecular weight is 805 g/mol. The number of para-hydroxylation sites is 1. The molecule has 2 aliphatic rings. The Hall–Kier alpha value is -6.44. The maximum absolute atomic E-state index is 13.0. The minimum absolute atomic E-state index is 0.0309. The second-order valence-corrected chi connectivity index (χ2v) is 15.6. The lowest BCUT2D eigenvalue weighted by Gasteiger charge is -2.29. The van der Waals surface area contributed by atoms with Crippen LogP contribution in [0.25, 0.3) is 11.3 Å². The van der Waals surface area contributed by atoms with E-state index in [-0.39, 0.29) is 53.6 Å². The largest absolute Gasteiger partial charge is 0.382 e. The highest BCUT2D eigenvalue weighted by atomic mass is 32.2. The molecule has 3 aromatic carbocycles. The number of nitrogens with one attached hydrogen (secondary N) is 4. The Labute approximate surface area is 336 Å². The third kappa shape index (κ3) is 10.5. The highest BCUT2D eigenvalue weighted by Crippen LogP contribution is 2.29. The lowest BCUT2D eigenvalue weighted by atomic mass is 10.0. The summed E-state index contributed by atoms with van der Waals surface area (Å²) in [6.07, 6.45) is 6.29. The number of nitrogens with zero attached hydrogens (tertiary/aromatic N) is 3. The molecule has 1 saturated heterocycles. The molecular weight excluding hydrogens is 761 g/mol. The summed E-state index contributed by atoms with van der Waals surface area (Å²) < 4.78 is 28.4. The molecule has 0 saturated carbocycles. The van der Waals surface area contributed by atoms with Crippen LogP contribution in [0.5, 0.6) is 0 Å². The van der Waals surface area contributed by atoms with Gasteiger partial charge in [-0.2, -0.15) is 0 Å². The Bertz CT molecular complexity index is 2360. The fourth-order valence-corrected chi connectivity index (χ4v) is 7.70. The van der Waals surface area contributed by atoms with Crippen LogP contribution in [0.1, 0.15) is 89.8 Å². The van der Waals surface area contributed by atoms with Crippen molar-refractivity contribution >= 4 is 51.1 Å². The molecule has 0 radical (unpaired) electrons. The Morgan fingerprint density at radius 3 is 2.47 bits per heavy atom. The van der Waals surface area contributed by atoms with Crippen molar-refractivity contribution in [2.24, 2.45) is 0 Å². The molecule has 6 N–H and O–H groups in total. The average Bonchev–Trinajstić information content (AvgIpc) is 3.55. The number of imide groups is 1. The number of unbranched alkanes of at least 4 members (excludes halogenated alkanes) is 4. The first kappa shape index (κ1) is 41.2. The number of nitrogens with two attached hydrogens (primary N) is 1. The molecule has 1 aromatic heterocycles. The van der Waals surface area contributed by atoms with E-state index in [0.717, 1.165) is 24.0 Å². The number of nitrogen functional groups attached to an aromatic ring is 1. The molecule has 2 aliphatic heterocycles. The third-order valence-electron chi connectivity index (χ3n) is 9.74. The summed E-state index contributed by atoms with van der Waals surface area (Å²) in [5, 5.41) is 7.95. The SMILES string of the molecule is Nc1ncc(-c2ccc(S(=O)(=O)NCCCCCCC(=O)NCCCC#Cc3cccc4c3CN(C3CCC(=O)NC3=O)C4=O)cc2)nc1C(=O)Nc1ccccc1. The van der Waals surface area contributed by atoms with Crippen molar-refractivity contribution in [3.05, 3.63) is 101 Å². The van der Waals surface area contributed by atoms with Gasteiger partial charge >= 0.3 is 0 Å². The molecule has 5 amide bonds. The van der Waals surface area contributed by atoms with Gasteiger partial charge in [0.1, 0.15) is 6.04 Å². The van der Waals surface area contributed by atoms with Gasteiger partial charge in [0.15, 0.2) is 11.5 Å². The Morgan fingerprint density at radius 2 is 1.69 bits per heavy atom. The molecule has 1 fully saturated rings. The fourth-order valence-electron chi connectivity index (χ4n) is 6.63. The van der Waals surface area contributed by atoms with Crippen molar-refractivity contribution in [3.8, 4) is 23.1 Å². The summed E-state index contributed by atoms with van der Waals surface area (Å²) in [6.45, 7) is 0.989. The maximum Gasteiger partial charge on any atom is 0.278 e. The molecule has 0 spiro atoms. The summed E-state index contributed by atoms with van der Waals surface area (Å²) in [6, 6.07) is 19.6. The zero-order valence-electron chi connectivity index (χ0n) is 31.8. The summed E-state index contributed by atoms with van der Waals surface area (Å²) in [5.41, 5.74) is 9.39. The van der Waals surface area contributed by atoms with Crippen LogP contribution in [-0.2, 0) is 31.0 Å².